The van der Waals surface area contributed by atoms with E-state index < -0.39 is 22.7 Å². The largest absolute Gasteiger partial charge is 0.588 e. The number of nitrogens with one attached hydrogen (secondary N) is 2. The average molecular weight is 506 g/mol. The number of hydrogen-bond acceptors (Lipinski definition) is 6. The van der Waals surface area contributed by atoms with E-state index >= 15 is 0 Å². The summed E-state index contributed by atoms with van der Waals surface area (Å²) in [4.78, 5) is 0.362. The molecule has 0 fully saturated rings. The number of rotatable bonds is 6. The van der Waals surface area contributed by atoms with Crippen LogP contribution < -0.4 is 9.44 Å². The smallest absolute Gasteiger partial charge is 0.339 e. The van der Waals surface area contributed by atoms with E-state index in [0.29, 0.717) is 35.5 Å². The molecule has 2 unspecified atom stereocenters. The standard InChI is InChI=1S/C18H11Cl3N2O3S3/c19-11-5-6-12(22-28(24)15-9-16(20)27-18(15)21)13(8-11)23-29(25)17-7-10-3-1-2-4-14(10)26-17/h1-9,22-23H. The lowest BCUT2D eigenvalue weighted by Crippen LogP contribution is -2.17. The van der Waals surface area contributed by atoms with Gasteiger partial charge >= 0.3 is 5.09 Å². The monoisotopic (exact) mass is 504 g/mol. The minimum absolute atomic E-state index is 0.255. The third kappa shape index (κ3) is 4.76. The Bertz CT molecular complexity index is 1130. The Morgan fingerprint density at radius 3 is 2.34 bits per heavy atom. The highest BCUT2D eigenvalue weighted by atomic mass is 35.5. The summed E-state index contributed by atoms with van der Waals surface area (Å²) in [5.41, 5.74) is 1.45. The number of thiophene rings is 1. The quantitative estimate of drug-likeness (QED) is 0.284. The van der Waals surface area contributed by atoms with E-state index in [1.54, 1.807) is 30.3 Å². The molecule has 0 saturated heterocycles. The van der Waals surface area contributed by atoms with Crippen LogP contribution in [0.5, 0.6) is 0 Å². The zero-order chi connectivity index (χ0) is 20.5. The van der Waals surface area contributed by atoms with Crippen LogP contribution in [0.3, 0.4) is 0 Å². The number of fused-ring (bicyclic) bond motifs is 1. The fourth-order valence-electron chi connectivity index (χ4n) is 2.50. The van der Waals surface area contributed by atoms with Crippen LogP contribution in [0, 0.1) is 0 Å². The molecule has 0 amide bonds. The van der Waals surface area contributed by atoms with Gasteiger partial charge in [-0.3, -0.25) is 0 Å². The molecule has 2 aromatic carbocycles. The van der Waals surface area contributed by atoms with Crippen molar-refractivity contribution in [3.8, 4) is 0 Å². The summed E-state index contributed by atoms with van der Waals surface area (Å²) in [5, 5.41) is 1.51. The topological polar surface area (TPSA) is 83.3 Å². The first kappa shape index (κ1) is 21.0. The Labute approximate surface area is 191 Å². The van der Waals surface area contributed by atoms with Crippen LogP contribution in [-0.4, -0.2) is 9.11 Å². The van der Waals surface area contributed by atoms with Gasteiger partial charge in [0.2, 0.25) is 4.90 Å². The molecular formula is C18H11Cl3N2O3S3. The summed E-state index contributed by atoms with van der Waals surface area (Å²) >= 11 is 15.8. The molecule has 29 heavy (non-hydrogen) atoms. The van der Waals surface area contributed by atoms with Gasteiger partial charge in [0, 0.05) is 22.5 Å². The number of benzene rings is 2. The van der Waals surface area contributed by atoms with Gasteiger partial charge in [-0.2, -0.15) is 4.72 Å². The van der Waals surface area contributed by atoms with Crippen molar-refractivity contribution >= 4 is 91.2 Å². The molecule has 0 spiro atoms. The number of para-hydroxylation sites is 1. The molecule has 0 aliphatic carbocycles. The highest BCUT2D eigenvalue weighted by Crippen LogP contribution is 2.37. The lowest BCUT2D eigenvalue weighted by atomic mass is 10.3. The maximum atomic E-state index is 12.8. The number of anilines is 2. The molecule has 2 N–H and O–H groups in total. The van der Waals surface area contributed by atoms with E-state index in [1.807, 2.05) is 18.2 Å². The zero-order valence-electron chi connectivity index (χ0n) is 14.3. The Hall–Kier alpha value is -1.23. The van der Waals surface area contributed by atoms with Crippen molar-refractivity contribution in [2.24, 2.45) is 0 Å². The first-order chi connectivity index (χ1) is 13.9. The van der Waals surface area contributed by atoms with Crippen molar-refractivity contribution in [3.63, 3.8) is 0 Å². The molecule has 2 aromatic heterocycles. The second kappa shape index (κ2) is 8.87. The van der Waals surface area contributed by atoms with E-state index in [-0.39, 0.29) is 5.09 Å². The van der Waals surface area contributed by atoms with Crippen LogP contribution in [0.2, 0.25) is 13.7 Å². The van der Waals surface area contributed by atoms with Gasteiger partial charge in [-0.25, -0.2) is 4.72 Å². The first-order valence-electron chi connectivity index (χ1n) is 8.00. The van der Waals surface area contributed by atoms with Gasteiger partial charge in [-0.15, -0.1) is 11.3 Å². The number of halogens is 3. The van der Waals surface area contributed by atoms with Crippen LogP contribution in [0.15, 0.2) is 69.0 Å². The fraction of sp³-hybridized carbons (Fsp3) is 0. The average Bonchev–Trinajstić information content (AvgIpc) is 3.26. The highest BCUT2D eigenvalue weighted by Gasteiger charge is 2.24. The van der Waals surface area contributed by atoms with Crippen LogP contribution in [0.1, 0.15) is 0 Å². The normalized spacial score (nSPS) is 13.4. The third-order valence-electron chi connectivity index (χ3n) is 3.80. The Balaban J connectivity index is 1.58. The van der Waals surface area contributed by atoms with Crippen molar-refractivity contribution in [1.82, 2.24) is 0 Å². The van der Waals surface area contributed by atoms with Gasteiger partial charge in [0.05, 0.1) is 4.34 Å². The first-order valence-corrected chi connectivity index (χ1v) is 12.3. The van der Waals surface area contributed by atoms with Gasteiger partial charge in [-0.05, 0) is 24.3 Å². The molecule has 4 aromatic rings. The maximum Gasteiger partial charge on any atom is 0.339 e. The second-order valence-electron chi connectivity index (χ2n) is 5.72. The maximum absolute atomic E-state index is 12.8. The molecule has 2 heterocycles. The molecular weight excluding hydrogens is 495 g/mol. The molecule has 5 nitrogen and oxygen atoms in total. The van der Waals surface area contributed by atoms with E-state index in [9.17, 15) is 9.11 Å². The summed E-state index contributed by atoms with van der Waals surface area (Å²) in [6.45, 7) is 0. The molecule has 0 aliphatic rings. The van der Waals surface area contributed by atoms with Crippen LogP contribution in [-0.2, 0) is 22.7 Å². The molecule has 11 heteroatoms. The van der Waals surface area contributed by atoms with Gasteiger partial charge in [-0.1, -0.05) is 53.0 Å². The molecule has 4 rings (SSSR count). The summed E-state index contributed by atoms with van der Waals surface area (Å²) in [5.74, 6) is 0. The number of hydrogen-bond donors (Lipinski definition) is 2. The third-order valence-corrected chi connectivity index (χ3v) is 7.86. The Morgan fingerprint density at radius 1 is 0.862 bits per heavy atom. The molecule has 0 bridgehead atoms. The summed E-state index contributed by atoms with van der Waals surface area (Å²) in [7, 11) is 0. The molecule has 0 aliphatic heterocycles. The van der Waals surface area contributed by atoms with Crippen LogP contribution in [0.4, 0.5) is 11.4 Å². The van der Waals surface area contributed by atoms with Crippen molar-refractivity contribution in [3.05, 3.63) is 68.3 Å². The van der Waals surface area contributed by atoms with Crippen molar-refractivity contribution in [1.29, 1.82) is 0 Å². The Kier molecular flexibility index (Phi) is 6.43. The minimum Gasteiger partial charge on any atom is -0.588 e. The highest BCUT2D eigenvalue weighted by molar-refractivity contribution is 7.93. The molecule has 0 radical (unpaired) electrons. The van der Waals surface area contributed by atoms with Gasteiger partial charge in [0.15, 0.2) is 4.34 Å². The summed E-state index contributed by atoms with van der Waals surface area (Å²) in [6.07, 6.45) is 0. The van der Waals surface area contributed by atoms with E-state index in [4.69, 9.17) is 39.2 Å². The second-order valence-corrected chi connectivity index (χ2v) is 10.8. The van der Waals surface area contributed by atoms with Crippen molar-refractivity contribution < 1.29 is 13.5 Å². The van der Waals surface area contributed by atoms with E-state index in [1.165, 1.54) is 6.07 Å². The lowest BCUT2D eigenvalue weighted by molar-refractivity contribution is 0.484. The van der Waals surface area contributed by atoms with Gasteiger partial charge in [0.25, 0.3) is 0 Å². The number of furan rings is 1. The van der Waals surface area contributed by atoms with Crippen LogP contribution >= 0.6 is 46.1 Å². The molecule has 0 saturated carbocycles. The van der Waals surface area contributed by atoms with Crippen LogP contribution in [0.25, 0.3) is 11.0 Å². The van der Waals surface area contributed by atoms with Crippen molar-refractivity contribution in [2.45, 2.75) is 9.99 Å². The lowest BCUT2D eigenvalue weighted by Gasteiger charge is -2.15. The van der Waals surface area contributed by atoms with E-state index in [0.717, 1.165) is 16.7 Å². The summed E-state index contributed by atoms with van der Waals surface area (Å²) < 4.78 is 37.5. The SMILES string of the molecule is [O-][S+](Nc1cc(Cl)ccc1N[S+]([O-])c1cc(Cl)sc1Cl)c1cc2ccccc2o1. The van der Waals surface area contributed by atoms with Gasteiger partial charge in [0.1, 0.15) is 39.7 Å². The predicted molar refractivity (Wildman–Crippen MR) is 122 cm³/mol. The minimum atomic E-state index is -1.70. The molecule has 2 atom stereocenters. The van der Waals surface area contributed by atoms with Crippen molar-refractivity contribution in [2.75, 3.05) is 9.44 Å². The molecule has 150 valence electrons. The fourth-order valence-corrected chi connectivity index (χ4v) is 6.37. The zero-order valence-corrected chi connectivity index (χ0v) is 19.0. The Morgan fingerprint density at radius 2 is 1.62 bits per heavy atom. The van der Waals surface area contributed by atoms with E-state index in [2.05, 4.69) is 9.44 Å². The predicted octanol–water partition coefficient (Wildman–Crippen LogP) is 6.72. The van der Waals surface area contributed by atoms with Gasteiger partial charge < -0.3 is 13.5 Å². The summed E-state index contributed by atoms with van der Waals surface area (Å²) in [6, 6.07) is 15.4.